The Morgan fingerprint density at radius 2 is 1.95 bits per heavy atom. The Bertz CT molecular complexity index is 693. The number of aromatic carboxylic acids is 1. The van der Waals surface area contributed by atoms with Gasteiger partial charge in [-0.05, 0) is 36.0 Å². The SMILES string of the molecule is CC(C)Cc1nc2cccc(Br)c2c(C(=O)O)c1C(C)C. The van der Waals surface area contributed by atoms with Crippen molar-refractivity contribution >= 4 is 32.8 Å². The van der Waals surface area contributed by atoms with Gasteiger partial charge >= 0.3 is 5.97 Å². The predicted octanol–water partition coefficient (Wildman–Crippen LogP) is 5.02. The molecule has 112 valence electrons. The third-order valence-electron chi connectivity index (χ3n) is 3.47. The highest BCUT2D eigenvalue weighted by Crippen LogP contribution is 2.34. The molecule has 4 heteroatoms. The van der Waals surface area contributed by atoms with Crippen molar-refractivity contribution in [3.05, 3.63) is 39.5 Å². The molecule has 1 aromatic carbocycles. The molecule has 1 heterocycles. The molecule has 0 saturated heterocycles. The summed E-state index contributed by atoms with van der Waals surface area (Å²) in [6.07, 6.45) is 0.788. The maximum Gasteiger partial charge on any atom is 0.336 e. The topological polar surface area (TPSA) is 50.2 Å². The van der Waals surface area contributed by atoms with E-state index < -0.39 is 5.97 Å². The Kier molecular flexibility index (Phi) is 4.67. The number of pyridine rings is 1. The highest BCUT2D eigenvalue weighted by atomic mass is 79.9. The number of carboxylic acid groups (broad SMARTS) is 1. The summed E-state index contributed by atoms with van der Waals surface area (Å²) >= 11 is 3.47. The summed E-state index contributed by atoms with van der Waals surface area (Å²) in [7, 11) is 0. The molecule has 0 spiro atoms. The molecule has 0 saturated carbocycles. The van der Waals surface area contributed by atoms with Crippen LogP contribution in [-0.4, -0.2) is 16.1 Å². The summed E-state index contributed by atoms with van der Waals surface area (Å²) in [4.78, 5) is 16.6. The maximum atomic E-state index is 11.9. The van der Waals surface area contributed by atoms with Crippen LogP contribution in [0.25, 0.3) is 10.9 Å². The van der Waals surface area contributed by atoms with E-state index in [9.17, 15) is 9.90 Å². The summed E-state index contributed by atoms with van der Waals surface area (Å²) in [5.74, 6) is -0.335. The first-order valence-corrected chi connectivity index (χ1v) is 7.96. The number of nitrogens with zero attached hydrogens (tertiary/aromatic N) is 1. The third-order valence-corrected chi connectivity index (χ3v) is 4.13. The first-order valence-electron chi connectivity index (χ1n) is 7.17. The number of benzene rings is 1. The van der Waals surface area contributed by atoms with Crippen molar-refractivity contribution in [3.8, 4) is 0 Å². The van der Waals surface area contributed by atoms with Crippen molar-refractivity contribution in [3.63, 3.8) is 0 Å². The average Bonchev–Trinajstić information content (AvgIpc) is 2.36. The van der Waals surface area contributed by atoms with Gasteiger partial charge in [0.1, 0.15) is 0 Å². The summed E-state index contributed by atoms with van der Waals surface area (Å²) in [5.41, 5.74) is 2.89. The van der Waals surface area contributed by atoms with E-state index in [0.717, 1.165) is 27.7 Å². The fourth-order valence-electron chi connectivity index (χ4n) is 2.72. The molecule has 2 rings (SSSR count). The second-order valence-electron chi connectivity index (χ2n) is 6.04. The highest BCUT2D eigenvalue weighted by Gasteiger charge is 2.23. The van der Waals surface area contributed by atoms with Crippen LogP contribution in [0.3, 0.4) is 0 Å². The molecule has 0 aliphatic rings. The van der Waals surface area contributed by atoms with Crippen molar-refractivity contribution in [1.82, 2.24) is 4.98 Å². The minimum Gasteiger partial charge on any atom is -0.478 e. The number of carbonyl (C=O) groups is 1. The molecule has 0 aliphatic heterocycles. The van der Waals surface area contributed by atoms with Crippen molar-refractivity contribution in [2.45, 2.75) is 40.0 Å². The molecule has 0 atom stereocenters. The molecule has 0 bridgehead atoms. The van der Waals surface area contributed by atoms with Crippen LogP contribution in [0.4, 0.5) is 0 Å². The van der Waals surface area contributed by atoms with Gasteiger partial charge in [0.15, 0.2) is 0 Å². The van der Waals surface area contributed by atoms with Gasteiger partial charge in [0.05, 0.1) is 11.1 Å². The summed E-state index contributed by atoms with van der Waals surface area (Å²) < 4.78 is 0.780. The molecule has 3 nitrogen and oxygen atoms in total. The van der Waals surface area contributed by atoms with Gasteiger partial charge in [-0.2, -0.15) is 0 Å². The molecule has 0 aliphatic carbocycles. The Balaban J connectivity index is 2.92. The van der Waals surface area contributed by atoms with Gasteiger partial charge in [0.2, 0.25) is 0 Å². The first-order chi connectivity index (χ1) is 9.82. The van der Waals surface area contributed by atoms with Crippen LogP contribution in [0, 0.1) is 5.92 Å². The smallest absolute Gasteiger partial charge is 0.336 e. The molecule has 0 fully saturated rings. The Hall–Kier alpha value is -1.42. The number of aromatic nitrogens is 1. The summed E-state index contributed by atoms with van der Waals surface area (Å²) in [5, 5.41) is 10.4. The van der Waals surface area contributed by atoms with Crippen LogP contribution in [0.5, 0.6) is 0 Å². The summed E-state index contributed by atoms with van der Waals surface area (Å²) in [6, 6.07) is 5.63. The normalized spacial score (nSPS) is 11.6. The van der Waals surface area contributed by atoms with Crippen LogP contribution in [0.15, 0.2) is 22.7 Å². The first kappa shape index (κ1) is 16.0. The molecule has 21 heavy (non-hydrogen) atoms. The van der Waals surface area contributed by atoms with Crippen molar-refractivity contribution in [1.29, 1.82) is 0 Å². The Labute approximate surface area is 133 Å². The zero-order chi connectivity index (χ0) is 15.7. The fourth-order valence-corrected chi connectivity index (χ4v) is 3.28. The lowest BCUT2D eigenvalue weighted by Gasteiger charge is -2.19. The molecular formula is C17H20BrNO2. The standard InChI is InChI=1S/C17H20BrNO2/c1-9(2)8-13-14(10(3)4)16(17(20)21)15-11(18)6-5-7-12(15)19-13/h5-7,9-10H,8H2,1-4H3,(H,20,21). The largest absolute Gasteiger partial charge is 0.478 e. The highest BCUT2D eigenvalue weighted by molar-refractivity contribution is 9.10. The van der Waals surface area contributed by atoms with E-state index in [1.165, 1.54) is 0 Å². The average molecular weight is 350 g/mol. The van der Waals surface area contributed by atoms with Gasteiger partial charge in [0.25, 0.3) is 0 Å². The van der Waals surface area contributed by atoms with Crippen LogP contribution in [-0.2, 0) is 6.42 Å². The van der Waals surface area contributed by atoms with Crippen LogP contribution < -0.4 is 0 Å². The molecule has 2 aromatic rings. The monoisotopic (exact) mass is 349 g/mol. The summed E-state index contributed by atoms with van der Waals surface area (Å²) in [6.45, 7) is 8.29. The lowest BCUT2D eigenvalue weighted by atomic mass is 9.89. The quantitative estimate of drug-likeness (QED) is 0.843. The Morgan fingerprint density at radius 1 is 1.29 bits per heavy atom. The Morgan fingerprint density at radius 3 is 2.48 bits per heavy atom. The predicted molar refractivity (Wildman–Crippen MR) is 89.0 cm³/mol. The van der Waals surface area contributed by atoms with Crippen LogP contribution >= 0.6 is 15.9 Å². The zero-order valence-electron chi connectivity index (χ0n) is 12.8. The van der Waals surface area contributed by atoms with E-state index in [1.807, 2.05) is 32.0 Å². The minimum atomic E-state index is -0.886. The number of hydrogen-bond acceptors (Lipinski definition) is 2. The van der Waals surface area contributed by atoms with E-state index >= 15 is 0 Å². The maximum absolute atomic E-state index is 11.9. The second kappa shape index (κ2) is 6.14. The lowest BCUT2D eigenvalue weighted by Crippen LogP contribution is -2.13. The van der Waals surface area contributed by atoms with Gasteiger partial charge in [0, 0.05) is 15.6 Å². The number of carboxylic acids is 1. The number of hydrogen-bond donors (Lipinski definition) is 1. The van der Waals surface area contributed by atoms with Gasteiger partial charge < -0.3 is 5.11 Å². The number of fused-ring (bicyclic) bond motifs is 1. The minimum absolute atomic E-state index is 0.119. The van der Waals surface area contributed by atoms with Crippen molar-refractivity contribution in [2.24, 2.45) is 5.92 Å². The third kappa shape index (κ3) is 3.10. The van der Waals surface area contributed by atoms with Crippen LogP contribution in [0.1, 0.15) is 55.2 Å². The van der Waals surface area contributed by atoms with Gasteiger partial charge in [-0.25, -0.2) is 4.79 Å². The fraction of sp³-hybridized carbons (Fsp3) is 0.412. The van der Waals surface area contributed by atoms with Gasteiger partial charge in [-0.3, -0.25) is 4.98 Å². The molecule has 1 aromatic heterocycles. The van der Waals surface area contributed by atoms with E-state index in [4.69, 9.17) is 4.98 Å². The second-order valence-corrected chi connectivity index (χ2v) is 6.89. The van der Waals surface area contributed by atoms with E-state index in [2.05, 4.69) is 29.8 Å². The molecular weight excluding hydrogens is 330 g/mol. The number of rotatable bonds is 4. The van der Waals surface area contributed by atoms with Crippen LogP contribution in [0.2, 0.25) is 0 Å². The molecule has 1 N–H and O–H groups in total. The lowest BCUT2D eigenvalue weighted by molar-refractivity contribution is 0.0697. The molecule has 0 unspecified atom stereocenters. The van der Waals surface area contributed by atoms with Crippen molar-refractivity contribution < 1.29 is 9.90 Å². The van der Waals surface area contributed by atoms with E-state index in [1.54, 1.807) is 0 Å². The van der Waals surface area contributed by atoms with Crippen molar-refractivity contribution in [2.75, 3.05) is 0 Å². The number of halogens is 1. The van der Waals surface area contributed by atoms with Gasteiger partial charge in [-0.1, -0.05) is 49.7 Å². The molecule has 0 radical (unpaired) electrons. The van der Waals surface area contributed by atoms with E-state index in [-0.39, 0.29) is 5.92 Å². The van der Waals surface area contributed by atoms with Gasteiger partial charge in [-0.15, -0.1) is 0 Å². The zero-order valence-corrected chi connectivity index (χ0v) is 14.4. The molecule has 0 amide bonds. The van der Waals surface area contributed by atoms with E-state index in [0.29, 0.717) is 16.9 Å².